The van der Waals surface area contributed by atoms with Crippen LogP contribution in [-0.4, -0.2) is 71.2 Å². The lowest BCUT2D eigenvalue weighted by Crippen LogP contribution is -2.27. The fraction of sp³-hybridized carbons (Fsp3) is 0.929. The van der Waals surface area contributed by atoms with E-state index >= 15 is 0 Å². The predicted molar refractivity (Wildman–Crippen MR) is 77.1 cm³/mol. The minimum absolute atomic E-state index is 0.0249. The molecule has 6 heteroatoms. The van der Waals surface area contributed by atoms with Gasteiger partial charge in [0.2, 0.25) is 0 Å². The Balaban J connectivity index is 2.97. The smallest absolute Gasteiger partial charge is 0.155 e. The minimum atomic E-state index is 0.0249. The Morgan fingerprint density at radius 2 is 1.30 bits per heavy atom. The number of nitrogens with one attached hydrogen (secondary N) is 1. The molecule has 0 bridgehead atoms. The van der Waals surface area contributed by atoms with Gasteiger partial charge in [-0.3, -0.25) is 4.79 Å². The molecule has 0 aromatic carbocycles. The van der Waals surface area contributed by atoms with Gasteiger partial charge < -0.3 is 24.3 Å². The maximum atomic E-state index is 10.6. The molecule has 0 radical (unpaired) electrons. The lowest BCUT2D eigenvalue weighted by Gasteiger charge is -2.09. The number of carbonyl (C=O) groups is 1. The van der Waals surface area contributed by atoms with Crippen LogP contribution in [0.15, 0.2) is 0 Å². The molecule has 0 heterocycles. The second-order valence-electron chi connectivity index (χ2n) is 4.70. The number of Topliss-reactive ketones (excluding diaryl/α,β-unsaturated/α-hetero) is 1. The van der Waals surface area contributed by atoms with Gasteiger partial charge in [-0.1, -0.05) is 13.8 Å². The molecule has 0 aliphatic rings. The summed E-state index contributed by atoms with van der Waals surface area (Å²) < 4.78 is 21.1. The molecule has 0 rings (SSSR count). The van der Waals surface area contributed by atoms with Crippen LogP contribution < -0.4 is 5.32 Å². The second-order valence-corrected chi connectivity index (χ2v) is 4.70. The maximum absolute atomic E-state index is 10.6. The van der Waals surface area contributed by atoms with Crippen LogP contribution in [0.3, 0.4) is 0 Å². The number of hydrogen-bond acceptors (Lipinski definition) is 6. The molecule has 0 atom stereocenters. The largest absolute Gasteiger partial charge is 0.378 e. The van der Waals surface area contributed by atoms with E-state index in [1.165, 1.54) is 6.92 Å². The second kappa shape index (κ2) is 14.9. The van der Waals surface area contributed by atoms with Crippen LogP contribution in [0.4, 0.5) is 0 Å². The van der Waals surface area contributed by atoms with Crippen LogP contribution in [0.1, 0.15) is 20.8 Å². The van der Waals surface area contributed by atoms with Crippen molar-refractivity contribution in [3.63, 3.8) is 0 Å². The molecular formula is C14H29NO5. The van der Waals surface area contributed by atoms with Crippen molar-refractivity contribution in [1.29, 1.82) is 0 Å². The summed E-state index contributed by atoms with van der Waals surface area (Å²) in [5.41, 5.74) is 0. The van der Waals surface area contributed by atoms with E-state index in [1.807, 2.05) is 0 Å². The summed E-state index contributed by atoms with van der Waals surface area (Å²) in [6.45, 7) is 10.6. The van der Waals surface area contributed by atoms with Crippen molar-refractivity contribution in [2.75, 3.05) is 59.4 Å². The normalized spacial score (nSPS) is 11.2. The SMILES string of the molecule is CC(=O)COCCOCCOCCOCCNC(C)C. The molecule has 6 nitrogen and oxygen atoms in total. The first-order valence-corrected chi connectivity index (χ1v) is 7.16. The van der Waals surface area contributed by atoms with Crippen LogP contribution in [-0.2, 0) is 23.7 Å². The third-order valence-electron chi connectivity index (χ3n) is 2.22. The van der Waals surface area contributed by atoms with Crippen LogP contribution >= 0.6 is 0 Å². The van der Waals surface area contributed by atoms with Crippen molar-refractivity contribution < 1.29 is 23.7 Å². The molecule has 120 valence electrons. The van der Waals surface area contributed by atoms with Gasteiger partial charge in [-0.15, -0.1) is 0 Å². The van der Waals surface area contributed by atoms with E-state index in [2.05, 4.69) is 19.2 Å². The Hall–Kier alpha value is -0.530. The van der Waals surface area contributed by atoms with Crippen molar-refractivity contribution >= 4 is 5.78 Å². The van der Waals surface area contributed by atoms with Crippen molar-refractivity contribution in [1.82, 2.24) is 5.32 Å². The monoisotopic (exact) mass is 291 g/mol. The molecule has 0 aromatic heterocycles. The first kappa shape index (κ1) is 19.5. The van der Waals surface area contributed by atoms with Crippen molar-refractivity contribution in [2.45, 2.75) is 26.8 Å². The van der Waals surface area contributed by atoms with Gasteiger partial charge in [0.25, 0.3) is 0 Å². The standard InChI is InChI=1S/C14H29NO5/c1-13(2)15-4-5-17-6-7-18-8-9-19-10-11-20-12-14(3)16/h13,15H,4-12H2,1-3H3. The Bertz CT molecular complexity index is 224. The van der Waals surface area contributed by atoms with E-state index in [9.17, 15) is 4.79 Å². The average Bonchev–Trinajstić information content (AvgIpc) is 2.38. The number of hydrogen-bond donors (Lipinski definition) is 1. The van der Waals surface area contributed by atoms with E-state index in [0.717, 1.165) is 6.54 Å². The van der Waals surface area contributed by atoms with Crippen LogP contribution in [0.25, 0.3) is 0 Å². The molecule has 0 saturated heterocycles. The highest BCUT2D eigenvalue weighted by Crippen LogP contribution is 1.83. The van der Waals surface area contributed by atoms with Gasteiger partial charge in [0, 0.05) is 12.6 Å². The van der Waals surface area contributed by atoms with Crippen LogP contribution in [0.2, 0.25) is 0 Å². The lowest BCUT2D eigenvalue weighted by atomic mass is 10.4. The molecule has 0 amide bonds. The number of carbonyl (C=O) groups excluding carboxylic acids is 1. The number of ketones is 1. The van der Waals surface area contributed by atoms with Gasteiger partial charge in [0.1, 0.15) is 6.61 Å². The van der Waals surface area contributed by atoms with E-state index in [1.54, 1.807) is 0 Å². The molecule has 0 unspecified atom stereocenters. The highest BCUT2D eigenvalue weighted by molar-refractivity contribution is 5.76. The molecule has 1 N–H and O–H groups in total. The minimum Gasteiger partial charge on any atom is -0.378 e. The van der Waals surface area contributed by atoms with Gasteiger partial charge in [0.05, 0.1) is 46.2 Å². The molecular weight excluding hydrogens is 262 g/mol. The van der Waals surface area contributed by atoms with E-state index < -0.39 is 0 Å². The summed E-state index contributed by atoms with van der Waals surface area (Å²) in [5.74, 6) is 0.0249. The molecule has 0 saturated carbocycles. The predicted octanol–water partition coefficient (Wildman–Crippen LogP) is 0.640. The number of rotatable bonds is 15. The molecule has 0 aliphatic heterocycles. The zero-order valence-corrected chi connectivity index (χ0v) is 13.0. The molecule has 0 aromatic rings. The van der Waals surface area contributed by atoms with Crippen molar-refractivity contribution in [3.05, 3.63) is 0 Å². The highest BCUT2D eigenvalue weighted by atomic mass is 16.6. The van der Waals surface area contributed by atoms with E-state index in [0.29, 0.717) is 52.3 Å². The van der Waals surface area contributed by atoms with Gasteiger partial charge in [-0.2, -0.15) is 0 Å². The maximum Gasteiger partial charge on any atom is 0.155 e. The Morgan fingerprint density at radius 1 is 0.850 bits per heavy atom. The van der Waals surface area contributed by atoms with Crippen LogP contribution in [0, 0.1) is 0 Å². The molecule has 0 fully saturated rings. The van der Waals surface area contributed by atoms with Gasteiger partial charge in [-0.05, 0) is 6.92 Å². The van der Waals surface area contributed by atoms with E-state index in [4.69, 9.17) is 18.9 Å². The summed E-state index contributed by atoms with van der Waals surface area (Å²) in [4.78, 5) is 10.6. The Kier molecular flexibility index (Phi) is 14.5. The highest BCUT2D eigenvalue weighted by Gasteiger charge is 1.95. The van der Waals surface area contributed by atoms with Crippen molar-refractivity contribution in [3.8, 4) is 0 Å². The zero-order valence-electron chi connectivity index (χ0n) is 13.0. The summed E-state index contributed by atoms with van der Waals surface area (Å²) >= 11 is 0. The molecule has 20 heavy (non-hydrogen) atoms. The summed E-state index contributed by atoms with van der Waals surface area (Å²) in [5, 5.41) is 3.27. The first-order valence-electron chi connectivity index (χ1n) is 7.16. The summed E-state index contributed by atoms with van der Waals surface area (Å²) in [6, 6.07) is 0.492. The third kappa shape index (κ3) is 17.5. The quantitative estimate of drug-likeness (QED) is 0.447. The van der Waals surface area contributed by atoms with Gasteiger partial charge in [-0.25, -0.2) is 0 Å². The summed E-state index contributed by atoms with van der Waals surface area (Å²) in [6.07, 6.45) is 0. The topological polar surface area (TPSA) is 66.0 Å². The fourth-order valence-electron chi connectivity index (χ4n) is 1.30. The van der Waals surface area contributed by atoms with E-state index in [-0.39, 0.29) is 12.4 Å². The summed E-state index contributed by atoms with van der Waals surface area (Å²) in [7, 11) is 0. The molecule has 0 spiro atoms. The first-order chi connectivity index (χ1) is 9.63. The van der Waals surface area contributed by atoms with Crippen LogP contribution in [0.5, 0.6) is 0 Å². The average molecular weight is 291 g/mol. The number of ether oxygens (including phenoxy) is 4. The Labute approximate surface area is 122 Å². The third-order valence-corrected chi connectivity index (χ3v) is 2.22. The fourth-order valence-corrected chi connectivity index (χ4v) is 1.30. The zero-order chi connectivity index (χ0) is 15.1. The van der Waals surface area contributed by atoms with Gasteiger partial charge in [0.15, 0.2) is 5.78 Å². The van der Waals surface area contributed by atoms with Gasteiger partial charge >= 0.3 is 0 Å². The Morgan fingerprint density at radius 3 is 1.75 bits per heavy atom. The molecule has 0 aliphatic carbocycles. The van der Waals surface area contributed by atoms with Crippen molar-refractivity contribution in [2.24, 2.45) is 0 Å². The lowest BCUT2D eigenvalue weighted by molar-refractivity contribution is -0.122.